The molecule has 0 spiro atoms. The molecule has 2 rings (SSSR count). The van der Waals surface area contributed by atoms with Crippen LogP contribution in [-0.2, 0) is 32.7 Å². The molecule has 0 aromatic heterocycles. The summed E-state index contributed by atoms with van der Waals surface area (Å²) in [7, 11) is -3.81. The molecule has 2 aromatic carbocycles. The fraction of sp³-hybridized carbons (Fsp3) is 0.364. The zero-order valence-corrected chi connectivity index (χ0v) is 18.5. The van der Waals surface area contributed by atoms with Crippen LogP contribution in [0.4, 0.5) is 4.39 Å². The standard InChI is InChI=1S/C22H28FN3O4S/c1-16(2)9-10-21(27)25-15-22(28)24-13-18-6-4-8-20(12-18)31(29,30)26-14-17-5-3-7-19(23)11-17/h3-8,11-12,16,26H,9-10,13-15H2,1-2H3,(H,24,28)(H,25,27). The van der Waals surface area contributed by atoms with Crippen molar-refractivity contribution >= 4 is 21.8 Å². The summed E-state index contributed by atoms with van der Waals surface area (Å²) in [6.45, 7) is 3.98. The zero-order chi connectivity index (χ0) is 22.9. The molecule has 0 saturated heterocycles. The molecule has 0 atom stereocenters. The van der Waals surface area contributed by atoms with Crippen molar-refractivity contribution in [2.24, 2.45) is 5.92 Å². The van der Waals surface area contributed by atoms with Gasteiger partial charge in [-0.25, -0.2) is 17.5 Å². The van der Waals surface area contributed by atoms with Gasteiger partial charge in [0.15, 0.2) is 0 Å². The smallest absolute Gasteiger partial charge is 0.240 e. The number of carbonyl (C=O) groups is 2. The first kappa shape index (κ1) is 24.5. The highest BCUT2D eigenvalue weighted by atomic mass is 32.2. The van der Waals surface area contributed by atoms with Crippen LogP contribution in [0, 0.1) is 11.7 Å². The molecule has 168 valence electrons. The average molecular weight is 450 g/mol. The quantitative estimate of drug-likeness (QED) is 0.490. The van der Waals surface area contributed by atoms with E-state index < -0.39 is 15.8 Å². The largest absolute Gasteiger partial charge is 0.350 e. The number of benzene rings is 2. The van der Waals surface area contributed by atoms with Gasteiger partial charge in [0.2, 0.25) is 21.8 Å². The van der Waals surface area contributed by atoms with Gasteiger partial charge in [0.1, 0.15) is 5.82 Å². The fourth-order valence-electron chi connectivity index (χ4n) is 2.68. The lowest BCUT2D eigenvalue weighted by atomic mass is 10.1. The van der Waals surface area contributed by atoms with E-state index in [0.29, 0.717) is 23.5 Å². The van der Waals surface area contributed by atoms with E-state index in [-0.39, 0.29) is 36.3 Å². The third kappa shape index (κ3) is 8.85. The number of carbonyl (C=O) groups excluding carboxylic acids is 2. The molecule has 9 heteroatoms. The van der Waals surface area contributed by atoms with Gasteiger partial charge in [-0.2, -0.15) is 0 Å². The molecule has 0 aliphatic rings. The number of rotatable bonds is 11. The minimum absolute atomic E-state index is 0.0395. The summed E-state index contributed by atoms with van der Waals surface area (Å²) in [5, 5.41) is 5.21. The number of hydrogen-bond donors (Lipinski definition) is 3. The lowest BCUT2D eigenvalue weighted by molar-refractivity contribution is -0.126. The minimum Gasteiger partial charge on any atom is -0.350 e. The maximum atomic E-state index is 13.2. The molecule has 0 radical (unpaired) electrons. The van der Waals surface area contributed by atoms with E-state index in [9.17, 15) is 22.4 Å². The lowest BCUT2D eigenvalue weighted by Crippen LogP contribution is -2.36. The molecule has 0 aliphatic heterocycles. The van der Waals surface area contributed by atoms with Crippen LogP contribution in [0.15, 0.2) is 53.4 Å². The van der Waals surface area contributed by atoms with E-state index in [4.69, 9.17) is 0 Å². The molecule has 2 aromatic rings. The van der Waals surface area contributed by atoms with Gasteiger partial charge in [0.05, 0.1) is 11.4 Å². The highest BCUT2D eigenvalue weighted by Crippen LogP contribution is 2.13. The minimum atomic E-state index is -3.81. The first-order chi connectivity index (χ1) is 14.7. The first-order valence-electron chi connectivity index (χ1n) is 10.0. The van der Waals surface area contributed by atoms with Gasteiger partial charge in [-0.1, -0.05) is 38.1 Å². The molecule has 0 unspecified atom stereocenters. The van der Waals surface area contributed by atoms with Gasteiger partial charge in [-0.05, 0) is 47.7 Å². The van der Waals surface area contributed by atoms with Crippen molar-refractivity contribution in [1.82, 2.24) is 15.4 Å². The zero-order valence-electron chi connectivity index (χ0n) is 17.7. The van der Waals surface area contributed by atoms with Crippen LogP contribution >= 0.6 is 0 Å². The van der Waals surface area contributed by atoms with Gasteiger partial charge in [0.25, 0.3) is 0 Å². The normalized spacial score (nSPS) is 11.4. The first-order valence-corrected chi connectivity index (χ1v) is 11.5. The molecule has 31 heavy (non-hydrogen) atoms. The summed E-state index contributed by atoms with van der Waals surface area (Å²) >= 11 is 0. The molecule has 0 fully saturated rings. The van der Waals surface area contributed by atoms with Crippen molar-refractivity contribution < 1.29 is 22.4 Å². The number of amides is 2. The Labute approximate surface area is 182 Å². The number of halogens is 1. The van der Waals surface area contributed by atoms with Crippen LogP contribution in [0.3, 0.4) is 0 Å². The van der Waals surface area contributed by atoms with E-state index in [1.54, 1.807) is 18.2 Å². The second-order valence-electron chi connectivity index (χ2n) is 7.59. The molecular formula is C22H28FN3O4S. The van der Waals surface area contributed by atoms with Crippen molar-refractivity contribution in [1.29, 1.82) is 0 Å². The number of nitrogens with one attached hydrogen (secondary N) is 3. The molecule has 0 saturated carbocycles. The van der Waals surface area contributed by atoms with E-state index in [1.165, 1.54) is 30.3 Å². The number of hydrogen-bond acceptors (Lipinski definition) is 4. The van der Waals surface area contributed by atoms with Crippen molar-refractivity contribution in [3.8, 4) is 0 Å². The Morgan fingerprint density at radius 1 is 0.935 bits per heavy atom. The summed E-state index contributed by atoms with van der Waals surface area (Å²) in [5.74, 6) is -0.575. The Morgan fingerprint density at radius 2 is 1.61 bits per heavy atom. The molecule has 0 aliphatic carbocycles. The summed E-state index contributed by atoms with van der Waals surface area (Å²) in [5.41, 5.74) is 1.09. The Balaban J connectivity index is 1.86. The van der Waals surface area contributed by atoms with Crippen molar-refractivity contribution in [2.75, 3.05) is 6.54 Å². The summed E-state index contributed by atoms with van der Waals surface area (Å²) in [6.07, 6.45) is 1.12. The molecule has 0 bridgehead atoms. The van der Waals surface area contributed by atoms with Crippen molar-refractivity contribution in [3.63, 3.8) is 0 Å². The summed E-state index contributed by atoms with van der Waals surface area (Å²) < 4.78 is 40.7. The summed E-state index contributed by atoms with van der Waals surface area (Å²) in [6, 6.07) is 11.8. The third-order valence-corrected chi connectivity index (χ3v) is 5.85. The van der Waals surface area contributed by atoms with E-state index >= 15 is 0 Å². The predicted octanol–water partition coefficient (Wildman–Crippen LogP) is 2.47. The molecule has 2 amide bonds. The van der Waals surface area contributed by atoms with Crippen molar-refractivity contribution in [2.45, 2.75) is 44.7 Å². The Morgan fingerprint density at radius 3 is 2.29 bits per heavy atom. The fourth-order valence-corrected chi connectivity index (χ4v) is 3.77. The second-order valence-corrected chi connectivity index (χ2v) is 9.35. The van der Waals surface area contributed by atoms with Crippen LogP contribution in [0.25, 0.3) is 0 Å². The Kier molecular flexibility index (Phi) is 9.14. The predicted molar refractivity (Wildman–Crippen MR) is 116 cm³/mol. The molecule has 7 nitrogen and oxygen atoms in total. The SMILES string of the molecule is CC(C)CCC(=O)NCC(=O)NCc1cccc(S(=O)(=O)NCc2cccc(F)c2)c1. The maximum absolute atomic E-state index is 13.2. The van der Waals surface area contributed by atoms with Crippen LogP contribution in [-0.4, -0.2) is 26.8 Å². The van der Waals surface area contributed by atoms with Gasteiger partial charge in [-0.15, -0.1) is 0 Å². The van der Waals surface area contributed by atoms with Crippen LogP contribution < -0.4 is 15.4 Å². The highest BCUT2D eigenvalue weighted by molar-refractivity contribution is 7.89. The van der Waals surface area contributed by atoms with Crippen LogP contribution in [0.5, 0.6) is 0 Å². The van der Waals surface area contributed by atoms with E-state index in [2.05, 4.69) is 15.4 Å². The average Bonchev–Trinajstić information content (AvgIpc) is 2.73. The highest BCUT2D eigenvalue weighted by Gasteiger charge is 2.15. The van der Waals surface area contributed by atoms with Gasteiger partial charge in [-0.3, -0.25) is 9.59 Å². The maximum Gasteiger partial charge on any atom is 0.240 e. The Bertz CT molecular complexity index is 1010. The number of sulfonamides is 1. The third-order valence-electron chi connectivity index (χ3n) is 4.45. The topological polar surface area (TPSA) is 104 Å². The van der Waals surface area contributed by atoms with Crippen molar-refractivity contribution in [3.05, 3.63) is 65.5 Å². The van der Waals surface area contributed by atoms with Gasteiger partial charge >= 0.3 is 0 Å². The molecular weight excluding hydrogens is 421 g/mol. The van der Waals surface area contributed by atoms with E-state index in [1.807, 2.05) is 13.8 Å². The van der Waals surface area contributed by atoms with Gasteiger partial charge in [0, 0.05) is 19.5 Å². The summed E-state index contributed by atoms with van der Waals surface area (Å²) in [4.78, 5) is 23.7. The Hall–Kier alpha value is -2.78. The second kappa shape index (κ2) is 11.6. The lowest BCUT2D eigenvalue weighted by Gasteiger charge is -2.10. The monoisotopic (exact) mass is 449 g/mol. The molecule has 3 N–H and O–H groups in total. The van der Waals surface area contributed by atoms with Crippen LogP contribution in [0.1, 0.15) is 37.8 Å². The van der Waals surface area contributed by atoms with E-state index in [0.717, 1.165) is 6.42 Å². The van der Waals surface area contributed by atoms with Crippen LogP contribution in [0.2, 0.25) is 0 Å². The molecule has 0 heterocycles. The van der Waals surface area contributed by atoms with Gasteiger partial charge < -0.3 is 10.6 Å².